The number of halogens is 2. The summed E-state index contributed by atoms with van der Waals surface area (Å²) < 4.78 is 20.2. The van der Waals surface area contributed by atoms with Gasteiger partial charge in [-0.25, -0.2) is 4.39 Å². The molecule has 0 aliphatic heterocycles. The molecule has 0 aliphatic rings. The van der Waals surface area contributed by atoms with Crippen molar-refractivity contribution in [1.29, 1.82) is 0 Å². The van der Waals surface area contributed by atoms with Crippen molar-refractivity contribution in [2.75, 3.05) is 6.54 Å². The summed E-state index contributed by atoms with van der Waals surface area (Å²) in [5.74, 6) is 0.417. The third-order valence-electron chi connectivity index (χ3n) is 2.71. The molecule has 1 aromatic carbocycles. The maximum absolute atomic E-state index is 13.7. The summed E-state index contributed by atoms with van der Waals surface area (Å²) in [5.41, 5.74) is 0.903. The normalized spacial score (nSPS) is 10.6. The molecular weight excluding hydrogens is 323 g/mol. The molecule has 0 radical (unpaired) electrons. The third-order valence-corrected chi connectivity index (χ3v) is 3.21. The molecule has 106 valence electrons. The minimum Gasteiger partial charge on any atom is -0.454 e. The van der Waals surface area contributed by atoms with Gasteiger partial charge in [-0.05, 0) is 37.2 Å². The van der Waals surface area contributed by atoms with Crippen LogP contribution in [0.25, 0.3) is 0 Å². The van der Waals surface area contributed by atoms with Gasteiger partial charge in [-0.2, -0.15) is 0 Å². The Kier molecular flexibility index (Phi) is 5.49. The van der Waals surface area contributed by atoms with Crippen LogP contribution in [0.5, 0.6) is 11.5 Å². The Balaban J connectivity index is 2.18. The summed E-state index contributed by atoms with van der Waals surface area (Å²) in [5, 5.41) is 3.28. The molecule has 2 aromatic rings. The molecule has 1 aromatic heterocycles. The lowest BCUT2D eigenvalue weighted by Gasteiger charge is -2.12. The molecule has 0 aliphatic carbocycles. The number of ether oxygens (including phenoxy) is 1. The predicted molar refractivity (Wildman–Crippen MR) is 80.4 cm³/mol. The Morgan fingerprint density at radius 1 is 1.30 bits per heavy atom. The van der Waals surface area contributed by atoms with Crippen LogP contribution in [0.3, 0.4) is 0 Å². The molecule has 0 spiro atoms. The second-order valence-electron chi connectivity index (χ2n) is 4.34. The molecular formula is C15H16BrFN2O. The molecule has 0 fully saturated rings. The van der Waals surface area contributed by atoms with Crippen molar-refractivity contribution in [2.45, 2.75) is 19.9 Å². The highest BCUT2D eigenvalue weighted by Gasteiger charge is 2.09. The van der Waals surface area contributed by atoms with Crippen LogP contribution in [0.2, 0.25) is 0 Å². The van der Waals surface area contributed by atoms with Crippen molar-refractivity contribution in [3.63, 3.8) is 0 Å². The number of benzene rings is 1. The number of rotatable bonds is 6. The van der Waals surface area contributed by atoms with Crippen LogP contribution < -0.4 is 10.1 Å². The Bertz CT molecular complexity index is 578. The smallest absolute Gasteiger partial charge is 0.165 e. The SMILES string of the molecule is CCCNCc1cnccc1Oc1cc(Br)ccc1F. The molecule has 0 amide bonds. The fourth-order valence-electron chi connectivity index (χ4n) is 1.72. The number of nitrogens with one attached hydrogen (secondary N) is 1. The van der Waals surface area contributed by atoms with Crippen molar-refractivity contribution in [3.05, 3.63) is 52.5 Å². The minimum atomic E-state index is -0.391. The highest BCUT2D eigenvalue weighted by molar-refractivity contribution is 9.10. The molecule has 0 bridgehead atoms. The lowest BCUT2D eigenvalue weighted by molar-refractivity contribution is 0.434. The molecule has 20 heavy (non-hydrogen) atoms. The average Bonchev–Trinajstić information content (AvgIpc) is 2.45. The van der Waals surface area contributed by atoms with Gasteiger partial charge in [0.25, 0.3) is 0 Å². The lowest BCUT2D eigenvalue weighted by Crippen LogP contribution is -2.14. The summed E-state index contributed by atoms with van der Waals surface area (Å²) in [6.45, 7) is 3.66. The molecule has 1 N–H and O–H groups in total. The standard InChI is InChI=1S/C15H16BrFN2O/c1-2-6-18-9-11-10-19-7-5-14(11)20-15-8-12(16)3-4-13(15)17/h3-5,7-8,10,18H,2,6,9H2,1H3. The monoisotopic (exact) mass is 338 g/mol. The van der Waals surface area contributed by atoms with Crippen LogP contribution >= 0.6 is 15.9 Å². The van der Waals surface area contributed by atoms with E-state index in [0.29, 0.717) is 12.3 Å². The Morgan fingerprint density at radius 3 is 2.95 bits per heavy atom. The van der Waals surface area contributed by atoms with Gasteiger partial charge in [0.1, 0.15) is 5.75 Å². The average molecular weight is 339 g/mol. The molecule has 0 saturated heterocycles. The second kappa shape index (κ2) is 7.36. The first-order valence-corrected chi connectivity index (χ1v) is 7.26. The van der Waals surface area contributed by atoms with Gasteiger partial charge in [-0.3, -0.25) is 4.98 Å². The molecule has 2 rings (SSSR count). The fraction of sp³-hybridized carbons (Fsp3) is 0.267. The lowest BCUT2D eigenvalue weighted by atomic mass is 10.2. The van der Waals surface area contributed by atoms with Crippen LogP contribution in [-0.4, -0.2) is 11.5 Å². The van der Waals surface area contributed by atoms with E-state index in [2.05, 4.69) is 33.2 Å². The fourth-order valence-corrected chi connectivity index (χ4v) is 2.06. The van der Waals surface area contributed by atoms with Crippen molar-refractivity contribution in [1.82, 2.24) is 10.3 Å². The van der Waals surface area contributed by atoms with Gasteiger partial charge >= 0.3 is 0 Å². The summed E-state index contributed by atoms with van der Waals surface area (Å²) in [7, 11) is 0. The van der Waals surface area contributed by atoms with Crippen molar-refractivity contribution in [3.8, 4) is 11.5 Å². The van der Waals surface area contributed by atoms with Gasteiger partial charge in [0.15, 0.2) is 11.6 Å². The van der Waals surface area contributed by atoms with E-state index in [4.69, 9.17) is 4.74 Å². The first-order valence-electron chi connectivity index (χ1n) is 6.47. The molecule has 1 heterocycles. The van der Waals surface area contributed by atoms with E-state index >= 15 is 0 Å². The molecule has 0 unspecified atom stereocenters. The first-order chi connectivity index (χ1) is 9.70. The summed E-state index contributed by atoms with van der Waals surface area (Å²) in [4.78, 5) is 4.08. The van der Waals surface area contributed by atoms with Crippen LogP contribution in [0, 0.1) is 5.82 Å². The van der Waals surface area contributed by atoms with E-state index in [0.717, 1.165) is 23.0 Å². The molecule has 0 atom stereocenters. The van der Waals surface area contributed by atoms with Gasteiger partial charge in [0, 0.05) is 29.0 Å². The Hall–Kier alpha value is -1.46. The summed E-state index contributed by atoms with van der Waals surface area (Å²) >= 11 is 3.31. The van der Waals surface area contributed by atoms with Gasteiger partial charge in [0.2, 0.25) is 0 Å². The van der Waals surface area contributed by atoms with Gasteiger partial charge in [0.05, 0.1) is 0 Å². The first kappa shape index (κ1) is 14.9. The minimum absolute atomic E-state index is 0.197. The van der Waals surface area contributed by atoms with E-state index in [1.54, 1.807) is 30.6 Å². The van der Waals surface area contributed by atoms with Gasteiger partial charge in [-0.1, -0.05) is 22.9 Å². The highest BCUT2D eigenvalue weighted by atomic mass is 79.9. The van der Waals surface area contributed by atoms with Crippen LogP contribution in [-0.2, 0) is 6.54 Å². The number of hydrogen-bond donors (Lipinski definition) is 1. The van der Waals surface area contributed by atoms with E-state index in [-0.39, 0.29) is 5.75 Å². The van der Waals surface area contributed by atoms with Crippen LogP contribution in [0.1, 0.15) is 18.9 Å². The zero-order chi connectivity index (χ0) is 14.4. The number of pyridine rings is 1. The van der Waals surface area contributed by atoms with Crippen molar-refractivity contribution >= 4 is 15.9 Å². The molecule has 0 saturated carbocycles. The van der Waals surface area contributed by atoms with Gasteiger partial charge < -0.3 is 10.1 Å². The number of nitrogens with zero attached hydrogens (tertiary/aromatic N) is 1. The number of aromatic nitrogens is 1. The largest absolute Gasteiger partial charge is 0.454 e. The number of hydrogen-bond acceptors (Lipinski definition) is 3. The van der Waals surface area contributed by atoms with E-state index in [9.17, 15) is 4.39 Å². The van der Waals surface area contributed by atoms with Crippen LogP contribution in [0.4, 0.5) is 4.39 Å². The Labute approximate surface area is 126 Å². The predicted octanol–water partition coefficient (Wildman–Crippen LogP) is 4.28. The maximum atomic E-state index is 13.7. The van der Waals surface area contributed by atoms with Gasteiger partial charge in [-0.15, -0.1) is 0 Å². The quantitative estimate of drug-likeness (QED) is 0.798. The van der Waals surface area contributed by atoms with Crippen molar-refractivity contribution in [2.24, 2.45) is 0 Å². The molecule has 3 nitrogen and oxygen atoms in total. The zero-order valence-electron chi connectivity index (χ0n) is 11.2. The highest BCUT2D eigenvalue weighted by Crippen LogP contribution is 2.29. The summed E-state index contributed by atoms with van der Waals surface area (Å²) in [6.07, 6.45) is 4.42. The maximum Gasteiger partial charge on any atom is 0.165 e. The Morgan fingerprint density at radius 2 is 2.15 bits per heavy atom. The zero-order valence-corrected chi connectivity index (χ0v) is 12.8. The van der Waals surface area contributed by atoms with Crippen LogP contribution in [0.15, 0.2) is 41.1 Å². The molecule has 5 heteroatoms. The second-order valence-corrected chi connectivity index (χ2v) is 5.25. The van der Waals surface area contributed by atoms with E-state index in [1.807, 2.05) is 0 Å². The topological polar surface area (TPSA) is 34.2 Å². The van der Waals surface area contributed by atoms with Crippen molar-refractivity contribution < 1.29 is 9.13 Å². The third kappa shape index (κ3) is 4.02. The van der Waals surface area contributed by atoms with E-state index < -0.39 is 5.82 Å². The van der Waals surface area contributed by atoms with E-state index in [1.165, 1.54) is 6.07 Å². The summed E-state index contributed by atoms with van der Waals surface area (Å²) in [6, 6.07) is 6.36.